The Hall–Kier alpha value is -1.26. The third kappa shape index (κ3) is 5.09. The van der Waals surface area contributed by atoms with Crippen LogP contribution in [0.1, 0.15) is 58.8 Å². The molecule has 0 saturated heterocycles. The SMILES string of the molecule is CCCC(CC(=O)O)NC(=O)N(CC)C1CCCC1. The monoisotopic (exact) mass is 270 g/mol. The van der Waals surface area contributed by atoms with Crippen LogP contribution in [-0.2, 0) is 4.79 Å². The molecule has 0 spiro atoms. The van der Waals surface area contributed by atoms with Crippen molar-refractivity contribution >= 4 is 12.0 Å². The van der Waals surface area contributed by atoms with Gasteiger partial charge in [0.25, 0.3) is 0 Å². The van der Waals surface area contributed by atoms with Crippen molar-refractivity contribution in [2.45, 2.75) is 70.9 Å². The number of carboxylic acid groups (broad SMARTS) is 1. The summed E-state index contributed by atoms with van der Waals surface area (Å²) >= 11 is 0. The molecular formula is C14H26N2O3. The fourth-order valence-corrected chi connectivity index (χ4v) is 2.83. The molecule has 110 valence electrons. The Morgan fingerprint density at radius 3 is 2.42 bits per heavy atom. The lowest BCUT2D eigenvalue weighted by molar-refractivity contribution is -0.137. The highest BCUT2D eigenvalue weighted by atomic mass is 16.4. The zero-order chi connectivity index (χ0) is 14.3. The Balaban J connectivity index is 2.54. The van der Waals surface area contributed by atoms with E-state index in [9.17, 15) is 9.59 Å². The van der Waals surface area contributed by atoms with E-state index < -0.39 is 5.97 Å². The summed E-state index contributed by atoms with van der Waals surface area (Å²) in [5.41, 5.74) is 0. The first-order valence-electron chi connectivity index (χ1n) is 7.37. The highest BCUT2D eigenvalue weighted by molar-refractivity contribution is 5.76. The molecule has 0 heterocycles. The van der Waals surface area contributed by atoms with Crippen LogP contribution in [-0.4, -0.2) is 40.6 Å². The van der Waals surface area contributed by atoms with Crippen molar-refractivity contribution in [3.8, 4) is 0 Å². The number of hydrogen-bond donors (Lipinski definition) is 2. The quantitative estimate of drug-likeness (QED) is 0.747. The molecule has 1 aliphatic rings. The lowest BCUT2D eigenvalue weighted by Gasteiger charge is -2.29. The summed E-state index contributed by atoms with van der Waals surface area (Å²) in [6, 6.07) is -0.0309. The van der Waals surface area contributed by atoms with Gasteiger partial charge in [-0.3, -0.25) is 4.79 Å². The van der Waals surface area contributed by atoms with Gasteiger partial charge in [-0.05, 0) is 26.2 Å². The Morgan fingerprint density at radius 2 is 1.95 bits per heavy atom. The molecule has 0 bridgehead atoms. The standard InChI is InChI=1S/C14H26N2O3/c1-3-7-11(10-13(17)18)15-14(19)16(4-2)12-8-5-6-9-12/h11-12H,3-10H2,1-2H3,(H,15,19)(H,17,18). The van der Waals surface area contributed by atoms with Crippen molar-refractivity contribution in [3.63, 3.8) is 0 Å². The number of amides is 2. The molecule has 1 aliphatic carbocycles. The molecular weight excluding hydrogens is 244 g/mol. The van der Waals surface area contributed by atoms with Gasteiger partial charge in [0.2, 0.25) is 0 Å². The first kappa shape index (κ1) is 15.8. The average molecular weight is 270 g/mol. The van der Waals surface area contributed by atoms with Crippen molar-refractivity contribution in [2.24, 2.45) is 0 Å². The molecule has 0 aromatic rings. The summed E-state index contributed by atoms with van der Waals surface area (Å²) < 4.78 is 0. The molecule has 0 radical (unpaired) electrons. The van der Waals surface area contributed by atoms with E-state index >= 15 is 0 Å². The maximum Gasteiger partial charge on any atom is 0.317 e. The largest absolute Gasteiger partial charge is 0.481 e. The molecule has 1 unspecified atom stereocenters. The molecule has 1 saturated carbocycles. The van der Waals surface area contributed by atoms with Crippen LogP contribution >= 0.6 is 0 Å². The van der Waals surface area contributed by atoms with Gasteiger partial charge in [-0.2, -0.15) is 0 Å². The van der Waals surface area contributed by atoms with Gasteiger partial charge in [0, 0.05) is 18.6 Å². The number of nitrogens with zero attached hydrogens (tertiary/aromatic N) is 1. The van der Waals surface area contributed by atoms with Gasteiger partial charge in [-0.1, -0.05) is 26.2 Å². The molecule has 1 atom stereocenters. The number of rotatable bonds is 7. The van der Waals surface area contributed by atoms with Gasteiger partial charge in [-0.15, -0.1) is 0 Å². The Morgan fingerprint density at radius 1 is 1.32 bits per heavy atom. The van der Waals surface area contributed by atoms with Crippen LogP contribution in [0.3, 0.4) is 0 Å². The summed E-state index contributed by atoms with van der Waals surface area (Å²) in [7, 11) is 0. The number of aliphatic carboxylic acids is 1. The Bertz CT molecular complexity index is 301. The minimum atomic E-state index is -0.859. The van der Waals surface area contributed by atoms with Crippen LogP contribution in [0.4, 0.5) is 4.79 Å². The van der Waals surface area contributed by atoms with E-state index in [1.165, 1.54) is 12.8 Å². The van der Waals surface area contributed by atoms with E-state index in [2.05, 4.69) is 5.32 Å². The van der Waals surface area contributed by atoms with Gasteiger partial charge in [0.15, 0.2) is 0 Å². The fourth-order valence-electron chi connectivity index (χ4n) is 2.83. The Kier molecular flexibility index (Phi) is 6.67. The third-order valence-corrected chi connectivity index (χ3v) is 3.75. The maximum atomic E-state index is 12.2. The smallest absolute Gasteiger partial charge is 0.317 e. The molecule has 19 heavy (non-hydrogen) atoms. The second-order valence-electron chi connectivity index (χ2n) is 5.26. The molecule has 1 fully saturated rings. The van der Waals surface area contributed by atoms with Crippen LogP contribution in [0.15, 0.2) is 0 Å². The lowest BCUT2D eigenvalue weighted by Crippen LogP contribution is -2.49. The topological polar surface area (TPSA) is 69.6 Å². The normalized spacial score (nSPS) is 17.2. The highest BCUT2D eigenvalue weighted by Gasteiger charge is 2.26. The second kappa shape index (κ2) is 8.02. The lowest BCUT2D eigenvalue weighted by atomic mass is 10.1. The van der Waals surface area contributed by atoms with Crippen LogP contribution in [0, 0.1) is 0 Å². The average Bonchev–Trinajstić information content (AvgIpc) is 2.83. The van der Waals surface area contributed by atoms with Gasteiger partial charge >= 0.3 is 12.0 Å². The fraction of sp³-hybridized carbons (Fsp3) is 0.857. The number of carbonyl (C=O) groups excluding carboxylic acids is 1. The second-order valence-corrected chi connectivity index (χ2v) is 5.26. The van der Waals surface area contributed by atoms with Gasteiger partial charge in [0.05, 0.1) is 6.42 Å². The summed E-state index contributed by atoms with van der Waals surface area (Å²) in [6.45, 7) is 4.65. The van der Waals surface area contributed by atoms with E-state index in [0.717, 1.165) is 19.3 Å². The molecule has 0 aromatic carbocycles. The van der Waals surface area contributed by atoms with Crippen LogP contribution in [0.5, 0.6) is 0 Å². The van der Waals surface area contributed by atoms with E-state index in [1.54, 1.807) is 0 Å². The van der Waals surface area contributed by atoms with Crippen molar-refractivity contribution in [3.05, 3.63) is 0 Å². The maximum absolute atomic E-state index is 12.2. The summed E-state index contributed by atoms with van der Waals surface area (Å²) in [6.07, 6.45) is 6.08. The van der Waals surface area contributed by atoms with Gasteiger partial charge < -0.3 is 15.3 Å². The predicted octanol–water partition coefficient (Wildman–Crippen LogP) is 2.60. The van der Waals surface area contributed by atoms with Gasteiger partial charge in [0.1, 0.15) is 0 Å². The molecule has 2 N–H and O–H groups in total. The number of carbonyl (C=O) groups is 2. The van der Waals surface area contributed by atoms with E-state index in [1.807, 2.05) is 18.7 Å². The summed E-state index contributed by atoms with van der Waals surface area (Å²) in [5.74, 6) is -0.859. The van der Waals surface area contributed by atoms with E-state index in [-0.39, 0.29) is 18.5 Å². The number of nitrogens with one attached hydrogen (secondary N) is 1. The van der Waals surface area contributed by atoms with Crippen LogP contribution < -0.4 is 5.32 Å². The predicted molar refractivity (Wildman–Crippen MR) is 74.1 cm³/mol. The van der Waals surface area contributed by atoms with Crippen LogP contribution in [0.25, 0.3) is 0 Å². The molecule has 5 heteroatoms. The zero-order valence-electron chi connectivity index (χ0n) is 12.0. The highest BCUT2D eigenvalue weighted by Crippen LogP contribution is 2.23. The van der Waals surface area contributed by atoms with Crippen molar-refractivity contribution in [2.75, 3.05) is 6.54 Å². The minimum absolute atomic E-state index is 0.00179. The third-order valence-electron chi connectivity index (χ3n) is 3.75. The van der Waals surface area contributed by atoms with Crippen molar-refractivity contribution < 1.29 is 14.7 Å². The minimum Gasteiger partial charge on any atom is -0.481 e. The summed E-state index contributed by atoms with van der Waals surface area (Å²) in [4.78, 5) is 24.9. The van der Waals surface area contributed by atoms with Crippen LogP contribution in [0.2, 0.25) is 0 Å². The van der Waals surface area contributed by atoms with Crippen molar-refractivity contribution in [1.82, 2.24) is 10.2 Å². The Labute approximate surface area is 115 Å². The molecule has 0 aromatic heterocycles. The first-order chi connectivity index (χ1) is 9.08. The number of carboxylic acids is 1. The van der Waals surface area contributed by atoms with E-state index in [0.29, 0.717) is 19.0 Å². The van der Waals surface area contributed by atoms with E-state index in [4.69, 9.17) is 5.11 Å². The molecule has 0 aliphatic heterocycles. The number of hydrogen-bond acceptors (Lipinski definition) is 2. The molecule has 1 rings (SSSR count). The van der Waals surface area contributed by atoms with Crippen molar-refractivity contribution in [1.29, 1.82) is 0 Å². The molecule has 2 amide bonds. The summed E-state index contributed by atoms with van der Waals surface area (Å²) in [5, 5.41) is 11.7. The molecule has 5 nitrogen and oxygen atoms in total. The first-order valence-corrected chi connectivity index (χ1v) is 7.37. The number of urea groups is 1. The zero-order valence-corrected chi connectivity index (χ0v) is 12.0. The van der Waals surface area contributed by atoms with Gasteiger partial charge in [-0.25, -0.2) is 4.79 Å².